The maximum absolute atomic E-state index is 11.9. The van der Waals surface area contributed by atoms with Crippen molar-refractivity contribution >= 4 is 65.0 Å². The number of rotatable bonds is 24. The number of methoxy groups -OCH3 is 2. The molecule has 0 aliphatic carbocycles. The van der Waals surface area contributed by atoms with Crippen LogP contribution in [-0.4, -0.2) is 56.5 Å². The third-order valence-electron chi connectivity index (χ3n) is 11.5. The van der Waals surface area contributed by atoms with Crippen LogP contribution in [0.2, 0.25) is 0 Å². The molecule has 0 N–H and O–H groups in total. The molecule has 13 heteroatoms. The molecule has 0 aliphatic heterocycles. The summed E-state index contributed by atoms with van der Waals surface area (Å²) in [4.78, 5) is 64.4. The number of carbonyl (C=O) groups excluding carboxylic acids is 6. The Kier molecular flexibility index (Phi) is 52.9. The number of allylic oxidation sites excluding steroid dienone is 32. The van der Waals surface area contributed by atoms with Crippen LogP contribution in [0, 0.1) is 0 Å². The molecule has 0 heterocycles. The van der Waals surface area contributed by atoms with E-state index in [-0.39, 0.29) is 89.6 Å². The van der Waals surface area contributed by atoms with E-state index < -0.39 is 18.8 Å². The van der Waals surface area contributed by atoms with Crippen molar-refractivity contribution in [1.82, 2.24) is 0 Å². The summed E-state index contributed by atoms with van der Waals surface area (Å²) in [5.41, 5.74) is 8.31. The molecule has 0 unspecified atom stereocenters. The summed E-state index contributed by atoms with van der Waals surface area (Å²) >= 11 is 0. The normalized spacial score (nSPS) is 13.1. The van der Waals surface area contributed by atoms with Crippen LogP contribution < -0.4 is 85.2 Å². The number of benzene rings is 3. The van der Waals surface area contributed by atoms with Gasteiger partial charge in [-0.05, 0) is 128 Å². The molecule has 0 saturated heterocycles. The minimum atomic E-state index is -2.07. The first-order valence-corrected chi connectivity index (χ1v) is 29.3. The van der Waals surface area contributed by atoms with Gasteiger partial charge < -0.3 is 29.3 Å². The number of carbonyl (C=O) groups is 6. The van der Waals surface area contributed by atoms with E-state index in [9.17, 15) is 39.0 Å². The molecule has 0 spiro atoms. The number of aldehydes is 2. The molecular weight excluding hydrogens is 1150 g/mol. The van der Waals surface area contributed by atoms with E-state index >= 15 is 0 Å². The minimum absolute atomic E-state index is 0. The van der Waals surface area contributed by atoms with Gasteiger partial charge in [0, 0.05) is 11.1 Å². The van der Waals surface area contributed by atoms with Crippen molar-refractivity contribution in [3.05, 3.63) is 304 Å². The molecule has 0 aliphatic rings. The van der Waals surface area contributed by atoms with Crippen LogP contribution in [0.1, 0.15) is 90.5 Å². The summed E-state index contributed by atoms with van der Waals surface area (Å²) in [6.45, 7) is 19.9. The second-order valence-electron chi connectivity index (χ2n) is 19.4. The number of aliphatic carboxylic acids is 2. The van der Waals surface area contributed by atoms with Crippen molar-refractivity contribution in [1.29, 1.82) is 0 Å². The first-order valence-electron chi connectivity index (χ1n) is 27.5. The van der Waals surface area contributed by atoms with Crippen LogP contribution in [0.5, 0.6) is 0 Å². The van der Waals surface area contributed by atoms with Crippen LogP contribution in [-0.2, 0) is 38.2 Å². The Morgan fingerprint density at radius 3 is 0.843 bits per heavy atom. The molecule has 460 valence electrons. The smallest absolute Gasteiger partial charge is 0.545 e. The van der Waals surface area contributed by atoms with Gasteiger partial charge in [-0.25, -0.2) is 9.59 Å². The number of carboxylic acids is 2. The molecule has 0 fully saturated rings. The molecule has 0 saturated carbocycles. The predicted octanol–water partition coefficient (Wildman–Crippen LogP) is 7.95. The summed E-state index contributed by atoms with van der Waals surface area (Å²) in [6, 6.07) is 31.5. The largest absolute Gasteiger partial charge is 1.00 e. The van der Waals surface area contributed by atoms with Crippen LogP contribution in [0.3, 0.4) is 0 Å². The number of carboxylic acid groups (broad SMARTS) is 2. The average Bonchev–Trinajstić information content (AvgIpc) is 2.03. The summed E-state index contributed by atoms with van der Waals surface area (Å²) in [7, 11) is 2.79. The Labute approximate surface area is 576 Å². The third-order valence-corrected chi connectivity index (χ3v) is 15.4. The van der Waals surface area contributed by atoms with E-state index in [0.29, 0.717) is 22.3 Å². The maximum atomic E-state index is 11.9. The molecular formula is C76H89Na2O10P. The zero-order chi connectivity index (χ0) is 64.7. The van der Waals surface area contributed by atoms with Gasteiger partial charge in [-0.2, -0.15) is 0 Å². The van der Waals surface area contributed by atoms with E-state index in [1.807, 2.05) is 99.7 Å². The molecule has 0 aromatic heterocycles. The molecule has 89 heavy (non-hydrogen) atoms. The van der Waals surface area contributed by atoms with Gasteiger partial charge in [-0.15, -0.1) is 0 Å². The number of ether oxygens (including phenoxy) is 2. The van der Waals surface area contributed by atoms with Gasteiger partial charge in [0.1, 0.15) is 12.6 Å². The first kappa shape index (κ1) is 87.9. The quantitative estimate of drug-likeness (QED) is 0.0215. The summed E-state index contributed by atoms with van der Waals surface area (Å²) in [6.07, 6.45) is 47.4. The molecule has 10 nitrogen and oxygen atoms in total. The molecule has 0 amide bonds. The van der Waals surface area contributed by atoms with Gasteiger partial charge in [-0.3, -0.25) is 9.59 Å². The zero-order valence-corrected chi connectivity index (χ0v) is 59.3. The van der Waals surface area contributed by atoms with Gasteiger partial charge in [0.2, 0.25) is 0 Å². The van der Waals surface area contributed by atoms with Gasteiger partial charge in [0.05, 0.1) is 26.2 Å². The minimum Gasteiger partial charge on any atom is -0.545 e. The summed E-state index contributed by atoms with van der Waals surface area (Å²) < 4.78 is 9.51. The third kappa shape index (κ3) is 41.4. The van der Waals surface area contributed by atoms with Gasteiger partial charge in [-0.1, -0.05) is 284 Å². The maximum Gasteiger partial charge on any atom is 1.00 e. The van der Waals surface area contributed by atoms with Crippen LogP contribution in [0.4, 0.5) is 0 Å². The topological polar surface area (TPSA) is 167 Å². The van der Waals surface area contributed by atoms with Crippen molar-refractivity contribution in [2.24, 2.45) is 0 Å². The molecule has 0 atom stereocenters. The fourth-order valence-corrected chi connectivity index (χ4v) is 10.3. The monoisotopic (exact) mass is 1240 g/mol. The van der Waals surface area contributed by atoms with Gasteiger partial charge in [0.15, 0.2) is 0 Å². The van der Waals surface area contributed by atoms with Crippen molar-refractivity contribution in [2.75, 3.05) is 14.2 Å². The average molecular weight is 1240 g/mol. The van der Waals surface area contributed by atoms with E-state index in [1.165, 1.54) is 67.3 Å². The van der Waals surface area contributed by atoms with Crippen molar-refractivity contribution in [3.8, 4) is 0 Å². The van der Waals surface area contributed by atoms with Crippen LogP contribution >= 0.6 is 6.89 Å². The predicted molar refractivity (Wildman–Crippen MR) is 365 cm³/mol. The molecule has 3 aromatic carbocycles. The first-order chi connectivity index (χ1) is 41.0. The number of hydrogen-bond donors (Lipinski definition) is 0. The SMILES string of the molecule is C.CC(/C=C/C=C(\C)C(=O)[O-])=C\C=C\C=C(C)\C=C\C=C(/C)C(=O)[O-].COC(=O)/C(C)=C/C=C/C(C)=C/C=C/C=C(C)/C=C/C=C(C)C.COC(=O)/C(C)=C/C=P(c1ccccc1)(c1ccccc1)c1ccccc1.C\C(C=O)=C/C=C/C=C(\C)C=O.[Na+].[Na+]. The Hall–Kier alpha value is -7.50. The van der Waals surface area contributed by atoms with Crippen LogP contribution in [0.25, 0.3) is 0 Å². The Morgan fingerprint density at radius 1 is 0.348 bits per heavy atom. The fraction of sp³-hybridized carbons (Fsp3) is 0.197. The molecule has 3 rings (SSSR count). The van der Waals surface area contributed by atoms with E-state index in [0.717, 1.165) is 29.3 Å². The number of hydrogen-bond acceptors (Lipinski definition) is 10. The standard InChI is InChI=1S/C24H23O2P.C21H28O2.C20H24O4.C10H12O2.CH4.2Na/c1-20(24(25)26-2)18-19-27(21-12-6-3-7-13-21,22-14-8-4-9-15-22)23-16-10-5-11-17-23;1-17(2)11-9-14-18(3)12-7-8-13-19(4)15-10-16-20(5)21(22)23-6;1-15(11-7-13-17(3)19(21)22)9-5-6-10-16(2)12-8-14-18(4)20(23)24;1-9(7-11)5-3-4-6-10(2)8-12;;;/h3-19H,1-2H3;7-16H,1-6H3;5-14H,1-4H3,(H,21,22)(H,23,24);3-8H,1-2H3;1H4;;/q;;;;;2*+1/p-2/b20-18+;8-7+,14-9+,15-10+,18-12+,19-13+,20-16+;6-5+,11-7+,12-8+,15-9+,16-10+,17-13+,18-14+;4-3+,9-5+,10-6+;;;. The van der Waals surface area contributed by atoms with E-state index in [1.54, 1.807) is 82.4 Å². The van der Waals surface area contributed by atoms with Crippen molar-refractivity contribution < 1.29 is 108 Å². The Morgan fingerprint density at radius 2 is 0.596 bits per heavy atom. The zero-order valence-electron chi connectivity index (χ0n) is 54.4. The molecule has 3 aromatic rings. The Balaban J connectivity index is -0.000000552. The van der Waals surface area contributed by atoms with Crippen LogP contribution in [0.15, 0.2) is 304 Å². The van der Waals surface area contributed by atoms with E-state index in [4.69, 9.17) is 4.74 Å². The van der Waals surface area contributed by atoms with Crippen molar-refractivity contribution in [3.63, 3.8) is 0 Å². The van der Waals surface area contributed by atoms with Crippen molar-refractivity contribution in [2.45, 2.75) is 90.5 Å². The Bertz CT molecular complexity index is 3150. The second kappa shape index (κ2) is 53.5. The summed E-state index contributed by atoms with van der Waals surface area (Å²) in [5.74, 6) is -0.769. The molecule has 0 radical (unpaired) electrons. The summed E-state index contributed by atoms with van der Waals surface area (Å²) in [5, 5.41) is 24.8. The van der Waals surface area contributed by atoms with Gasteiger partial charge in [0.25, 0.3) is 0 Å². The van der Waals surface area contributed by atoms with E-state index in [2.05, 4.69) is 128 Å². The number of esters is 2. The fourth-order valence-electron chi connectivity index (χ4n) is 6.48. The molecule has 0 bridgehead atoms. The second-order valence-corrected chi connectivity index (χ2v) is 22.7. The van der Waals surface area contributed by atoms with Gasteiger partial charge >= 0.3 is 71.1 Å².